The summed E-state index contributed by atoms with van der Waals surface area (Å²) in [4.78, 5) is 123. The summed E-state index contributed by atoms with van der Waals surface area (Å²) in [6, 6.07) is 19.8. The van der Waals surface area contributed by atoms with Gasteiger partial charge in [-0.2, -0.15) is 0 Å². The number of carbonyl (C=O) groups is 9. The Balaban J connectivity index is 1.54. The number of hydrogen-bond donors (Lipinski definition) is 12. The Hall–Kier alpha value is -8.21. The molecule has 0 saturated carbocycles. The Kier molecular flexibility index (Phi) is 23.1. The fourth-order valence-corrected chi connectivity index (χ4v) is 7.59. The van der Waals surface area contributed by atoms with E-state index in [1.54, 1.807) is 84.9 Å². The summed E-state index contributed by atoms with van der Waals surface area (Å²) in [5.41, 5.74) is 26.2. The minimum absolute atomic E-state index is 0.0361. The highest BCUT2D eigenvalue weighted by molar-refractivity contribution is 6.06. The van der Waals surface area contributed by atoms with E-state index in [1.807, 2.05) is 0 Å². The molecule has 4 rings (SSSR count). The van der Waals surface area contributed by atoms with Gasteiger partial charge in [-0.25, -0.2) is 0 Å². The second kappa shape index (κ2) is 29.3. The highest BCUT2D eigenvalue weighted by Gasteiger charge is 2.41. The third-order valence-electron chi connectivity index (χ3n) is 11.7. The van der Waals surface area contributed by atoms with E-state index < -0.39 is 109 Å². The zero-order valence-corrected chi connectivity index (χ0v) is 41.3. The Morgan fingerprint density at radius 1 is 0.500 bits per heavy atom. The van der Waals surface area contributed by atoms with Crippen LogP contribution in [0.1, 0.15) is 55.4 Å². The quantitative estimate of drug-likeness (QED) is 0.0291. The SMILES string of the molecule is C[C@@H](NC(=O)[C@@H](N)Cc1ccc(O)cc1)C(=O)NCC(=O)N[C@@H](Cc1ccccc1)C(=O)N(C(=O)[C@H](Cc1ccccc1)NC(=O)CNC(=O)[C@@H](C)NC(=O)[C@@H](N)Cc1ccc(O)cc1)[C@@H](CCCCN)C(N)=O. The topological polar surface area (TPSA) is 374 Å². The van der Waals surface area contributed by atoms with Crippen LogP contribution in [-0.2, 0) is 68.8 Å². The first-order valence-electron chi connectivity index (χ1n) is 24.0. The van der Waals surface area contributed by atoms with Crippen LogP contribution in [0, 0.1) is 0 Å². The van der Waals surface area contributed by atoms with Gasteiger partial charge in [-0.15, -0.1) is 0 Å². The molecule has 7 atom stereocenters. The zero-order valence-electron chi connectivity index (χ0n) is 41.3. The van der Waals surface area contributed by atoms with Gasteiger partial charge >= 0.3 is 0 Å². The molecule has 0 saturated heterocycles. The monoisotopic (exact) mass is 1020 g/mol. The summed E-state index contributed by atoms with van der Waals surface area (Å²) in [7, 11) is 0. The van der Waals surface area contributed by atoms with E-state index in [1.165, 1.54) is 38.1 Å². The highest BCUT2D eigenvalue weighted by Crippen LogP contribution is 2.18. The Morgan fingerprint density at radius 3 is 1.22 bits per heavy atom. The molecule has 0 bridgehead atoms. The maximum Gasteiger partial charge on any atom is 0.252 e. The fraction of sp³-hybridized carbons (Fsp3) is 0.365. The maximum absolute atomic E-state index is 15.0. The Labute approximate surface area is 428 Å². The Bertz CT molecular complexity index is 2370. The van der Waals surface area contributed by atoms with Crippen LogP contribution in [0.25, 0.3) is 0 Å². The number of phenolic OH excluding ortho intramolecular Hbond substituents is 2. The lowest BCUT2D eigenvalue weighted by Gasteiger charge is -2.34. The number of primary amides is 1. The molecule has 4 aromatic rings. The van der Waals surface area contributed by atoms with Gasteiger partial charge in [0, 0.05) is 12.8 Å². The predicted octanol–water partition coefficient (Wildman–Crippen LogP) is -1.43. The van der Waals surface area contributed by atoms with Crippen molar-refractivity contribution in [3.8, 4) is 11.5 Å². The van der Waals surface area contributed by atoms with Gasteiger partial charge in [0.2, 0.25) is 41.4 Å². The van der Waals surface area contributed by atoms with Crippen molar-refractivity contribution in [3.63, 3.8) is 0 Å². The number of nitrogens with zero attached hydrogens (tertiary/aromatic N) is 1. The van der Waals surface area contributed by atoms with Crippen molar-refractivity contribution in [1.82, 2.24) is 36.8 Å². The molecule has 22 nitrogen and oxygen atoms in total. The van der Waals surface area contributed by atoms with Crippen molar-refractivity contribution < 1.29 is 53.4 Å². The molecule has 0 spiro atoms. The second-order valence-electron chi connectivity index (χ2n) is 17.7. The molecule has 0 unspecified atom stereocenters. The largest absolute Gasteiger partial charge is 0.508 e. The first-order valence-corrected chi connectivity index (χ1v) is 24.0. The second-order valence-corrected chi connectivity index (χ2v) is 17.7. The molecule has 4 aromatic carbocycles. The summed E-state index contributed by atoms with van der Waals surface area (Å²) in [5.74, 6) is -7.81. The number of aromatic hydroxyl groups is 2. The third kappa shape index (κ3) is 19.1. The third-order valence-corrected chi connectivity index (χ3v) is 11.7. The van der Waals surface area contributed by atoms with E-state index in [9.17, 15) is 43.8 Å². The molecule has 0 fully saturated rings. The molecular weight excluding hydrogens is 955 g/mol. The molecule has 9 amide bonds. The molecule has 0 aromatic heterocycles. The van der Waals surface area contributed by atoms with Gasteiger partial charge in [0.1, 0.15) is 41.7 Å². The van der Waals surface area contributed by atoms with Crippen LogP contribution in [-0.4, -0.2) is 130 Å². The van der Waals surface area contributed by atoms with Gasteiger partial charge in [0.05, 0.1) is 25.2 Å². The molecule has 0 aliphatic carbocycles. The summed E-state index contributed by atoms with van der Waals surface area (Å²) < 4.78 is 0. The van der Waals surface area contributed by atoms with E-state index in [2.05, 4.69) is 31.9 Å². The van der Waals surface area contributed by atoms with Crippen molar-refractivity contribution in [2.24, 2.45) is 22.9 Å². The average molecular weight is 1020 g/mol. The van der Waals surface area contributed by atoms with Crippen molar-refractivity contribution in [1.29, 1.82) is 0 Å². The predicted molar refractivity (Wildman–Crippen MR) is 273 cm³/mol. The number of benzene rings is 4. The van der Waals surface area contributed by atoms with Gasteiger partial charge in [0.15, 0.2) is 0 Å². The molecule has 0 heterocycles. The van der Waals surface area contributed by atoms with E-state index in [0.717, 1.165) is 0 Å². The highest BCUT2D eigenvalue weighted by atomic mass is 16.3. The lowest BCUT2D eigenvalue weighted by molar-refractivity contribution is -0.155. The minimum atomic E-state index is -1.61. The molecule has 396 valence electrons. The van der Waals surface area contributed by atoms with Crippen LogP contribution in [0.2, 0.25) is 0 Å². The standard InChI is InChI=1S/C52H67N11O11/c1-31(59-49(71)39(54)25-35-16-20-37(64)21-17-35)47(69)57-29-44(66)61-41(27-33-11-5-3-6-12-33)51(73)63(43(46(56)68)15-9-10-24-53)52(74)42(28-34-13-7-4-8-14-34)62-45(67)30-58-48(70)32(2)60-50(72)40(55)26-36-18-22-38(65)23-19-36/h3-8,11-14,16-23,31-32,39-43,64-65H,9-10,15,24-30,53-55H2,1-2H3,(H2,56,68)(H,57,69)(H,58,70)(H,59,71)(H,60,72)(H,61,66)(H,62,67)/t31-,32-,39+,40+,41+,42+,43+/m1/s1. The summed E-state index contributed by atoms with van der Waals surface area (Å²) >= 11 is 0. The number of hydrogen-bond acceptors (Lipinski definition) is 14. The van der Waals surface area contributed by atoms with Gasteiger partial charge in [-0.3, -0.25) is 48.1 Å². The number of carbonyl (C=O) groups excluding carboxylic acids is 9. The van der Waals surface area contributed by atoms with Gasteiger partial charge in [-0.1, -0.05) is 84.9 Å². The van der Waals surface area contributed by atoms with Crippen LogP contribution < -0.4 is 54.8 Å². The van der Waals surface area contributed by atoms with Crippen LogP contribution in [0.15, 0.2) is 109 Å². The number of amides is 9. The molecule has 16 N–H and O–H groups in total. The van der Waals surface area contributed by atoms with Crippen LogP contribution in [0.3, 0.4) is 0 Å². The summed E-state index contributed by atoms with van der Waals surface area (Å²) in [6.07, 6.45) is 0.228. The van der Waals surface area contributed by atoms with E-state index in [4.69, 9.17) is 22.9 Å². The number of rotatable bonds is 28. The van der Waals surface area contributed by atoms with E-state index >= 15 is 9.59 Å². The first kappa shape index (κ1) is 58.4. The first-order chi connectivity index (χ1) is 35.3. The lowest BCUT2D eigenvalue weighted by atomic mass is 9.98. The van der Waals surface area contributed by atoms with Crippen molar-refractivity contribution in [2.45, 2.75) is 101 Å². The molecule has 0 aliphatic rings. The van der Waals surface area contributed by atoms with Gasteiger partial charge < -0.3 is 65.0 Å². The lowest BCUT2D eigenvalue weighted by Crippen LogP contribution is -2.63. The number of nitrogens with two attached hydrogens (primary N) is 4. The van der Waals surface area contributed by atoms with Crippen molar-refractivity contribution in [2.75, 3.05) is 19.6 Å². The minimum Gasteiger partial charge on any atom is -0.508 e. The summed E-state index contributed by atoms with van der Waals surface area (Å²) in [5, 5.41) is 34.1. The number of nitrogens with one attached hydrogen (secondary N) is 6. The molecule has 0 radical (unpaired) electrons. The molecule has 22 heteroatoms. The van der Waals surface area contributed by atoms with Crippen LogP contribution in [0.5, 0.6) is 11.5 Å². The zero-order chi connectivity index (χ0) is 54.3. The maximum atomic E-state index is 15.0. The smallest absolute Gasteiger partial charge is 0.252 e. The normalized spacial score (nSPS) is 13.7. The van der Waals surface area contributed by atoms with Gasteiger partial charge in [-0.05, 0) is 99.0 Å². The fourth-order valence-electron chi connectivity index (χ4n) is 7.59. The summed E-state index contributed by atoms with van der Waals surface area (Å²) in [6.45, 7) is 1.55. The number of unbranched alkanes of at least 4 members (excludes halogenated alkanes) is 1. The van der Waals surface area contributed by atoms with Crippen LogP contribution in [0.4, 0.5) is 0 Å². The number of phenols is 2. The Morgan fingerprint density at radius 2 is 0.865 bits per heavy atom. The average Bonchev–Trinajstić information content (AvgIpc) is 3.38. The van der Waals surface area contributed by atoms with Crippen molar-refractivity contribution >= 4 is 53.2 Å². The molecular formula is C52H67N11O11. The van der Waals surface area contributed by atoms with Crippen LogP contribution >= 0.6 is 0 Å². The number of imide groups is 1. The molecule has 74 heavy (non-hydrogen) atoms. The van der Waals surface area contributed by atoms with E-state index in [0.29, 0.717) is 33.6 Å². The van der Waals surface area contributed by atoms with Crippen molar-refractivity contribution in [3.05, 3.63) is 131 Å². The van der Waals surface area contributed by atoms with Gasteiger partial charge in [0.25, 0.3) is 11.8 Å². The molecule has 0 aliphatic heterocycles. The van der Waals surface area contributed by atoms with E-state index in [-0.39, 0.29) is 56.6 Å².